The molecule has 6 heteroatoms. The minimum atomic E-state index is -0.176. The van der Waals surface area contributed by atoms with Crippen molar-refractivity contribution < 1.29 is 14.0 Å². The topological polar surface area (TPSA) is 74.6 Å². The van der Waals surface area contributed by atoms with Crippen LogP contribution in [0, 0.1) is 0 Å². The zero-order valence-electron chi connectivity index (χ0n) is 14.0. The van der Waals surface area contributed by atoms with Gasteiger partial charge in [0.25, 0.3) is 5.91 Å². The van der Waals surface area contributed by atoms with Gasteiger partial charge in [0.15, 0.2) is 0 Å². The molecular weight excluding hydrogens is 306 g/mol. The van der Waals surface area contributed by atoms with Gasteiger partial charge in [-0.2, -0.15) is 0 Å². The normalized spacial score (nSPS) is 12.0. The molecule has 0 aliphatic carbocycles. The van der Waals surface area contributed by atoms with Gasteiger partial charge in [0.05, 0.1) is 12.3 Å². The van der Waals surface area contributed by atoms with Gasteiger partial charge in [-0.15, -0.1) is 0 Å². The first-order valence-corrected chi connectivity index (χ1v) is 7.87. The maximum absolute atomic E-state index is 11.9. The number of nitrogens with one attached hydrogen (secondary N) is 2. The summed E-state index contributed by atoms with van der Waals surface area (Å²) >= 11 is 0. The molecule has 1 aromatic carbocycles. The van der Waals surface area contributed by atoms with Crippen molar-refractivity contribution in [3.63, 3.8) is 0 Å². The zero-order valence-corrected chi connectivity index (χ0v) is 14.0. The Balaban J connectivity index is 1.72. The number of furan rings is 1. The van der Waals surface area contributed by atoms with Crippen LogP contribution in [0.2, 0.25) is 0 Å². The van der Waals surface area contributed by atoms with E-state index in [1.807, 2.05) is 37.2 Å². The van der Waals surface area contributed by atoms with Gasteiger partial charge in [0.1, 0.15) is 5.76 Å². The van der Waals surface area contributed by atoms with Crippen molar-refractivity contribution in [1.29, 1.82) is 0 Å². The maximum atomic E-state index is 11.9. The highest BCUT2D eigenvalue weighted by molar-refractivity contribution is 5.94. The van der Waals surface area contributed by atoms with Crippen LogP contribution in [0.4, 0.5) is 0 Å². The van der Waals surface area contributed by atoms with Gasteiger partial charge in [-0.25, -0.2) is 0 Å². The van der Waals surface area contributed by atoms with Crippen molar-refractivity contribution in [2.45, 2.75) is 12.5 Å². The average molecular weight is 329 g/mol. The molecule has 2 rings (SSSR count). The fraction of sp³-hybridized carbons (Fsp3) is 0.333. The number of hydrogen-bond donors (Lipinski definition) is 2. The van der Waals surface area contributed by atoms with E-state index in [1.54, 1.807) is 30.5 Å². The van der Waals surface area contributed by atoms with Crippen LogP contribution in [0.25, 0.3) is 0 Å². The zero-order chi connectivity index (χ0) is 17.4. The maximum Gasteiger partial charge on any atom is 0.251 e. The van der Waals surface area contributed by atoms with E-state index >= 15 is 0 Å². The van der Waals surface area contributed by atoms with Gasteiger partial charge >= 0.3 is 0 Å². The number of likely N-dealkylation sites (N-methyl/N-ethyl adjacent to an activating group) is 1. The number of rotatable bonds is 8. The van der Waals surface area contributed by atoms with E-state index in [0.29, 0.717) is 18.7 Å². The summed E-state index contributed by atoms with van der Waals surface area (Å²) in [6.45, 7) is 0.749. The SMILES string of the molecule is CN(C)C(CNC(=O)CCNC(=O)c1ccccc1)c1ccco1. The second kappa shape index (κ2) is 8.88. The number of nitrogens with zero attached hydrogens (tertiary/aromatic N) is 1. The molecule has 2 N–H and O–H groups in total. The molecule has 0 bridgehead atoms. The summed E-state index contributed by atoms with van der Waals surface area (Å²) in [5, 5.41) is 5.61. The third kappa shape index (κ3) is 5.24. The summed E-state index contributed by atoms with van der Waals surface area (Å²) in [4.78, 5) is 25.8. The smallest absolute Gasteiger partial charge is 0.251 e. The highest BCUT2D eigenvalue weighted by Gasteiger charge is 2.17. The highest BCUT2D eigenvalue weighted by atomic mass is 16.3. The average Bonchev–Trinajstić information content (AvgIpc) is 3.09. The minimum absolute atomic E-state index is 0.0251. The predicted molar refractivity (Wildman–Crippen MR) is 91.5 cm³/mol. The van der Waals surface area contributed by atoms with Crippen molar-refractivity contribution in [2.75, 3.05) is 27.2 Å². The third-order valence-corrected chi connectivity index (χ3v) is 3.66. The largest absolute Gasteiger partial charge is 0.468 e. The number of amides is 2. The van der Waals surface area contributed by atoms with Crippen LogP contribution in [-0.4, -0.2) is 43.9 Å². The van der Waals surface area contributed by atoms with Gasteiger partial charge in [0.2, 0.25) is 5.91 Å². The number of benzene rings is 1. The molecule has 0 spiro atoms. The summed E-state index contributed by atoms with van der Waals surface area (Å²) in [6, 6.07) is 12.6. The summed E-state index contributed by atoms with van der Waals surface area (Å²) in [6.07, 6.45) is 1.85. The Hall–Kier alpha value is -2.60. The van der Waals surface area contributed by atoms with Gasteiger partial charge in [-0.1, -0.05) is 18.2 Å². The molecule has 0 aliphatic rings. The minimum Gasteiger partial charge on any atom is -0.468 e. The Kier molecular flexibility index (Phi) is 6.57. The molecule has 1 atom stereocenters. The molecule has 0 radical (unpaired) electrons. The first-order valence-electron chi connectivity index (χ1n) is 7.87. The summed E-state index contributed by atoms with van der Waals surface area (Å²) in [7, 11) is 3.86. The molecule has 1 heterocycles. The molecule has 6 nitrogen and oxygen atoms in total. The van der Waals surface area contributed by atoms with Crippen LogP contribution in [-0.2, 0) is 4.79 Å². The van der Waals surface area contributed by atoms with Crippen molar-refractivity contribution in [3.8, 4) is 0 Å². The van der Waals surface area contributed by atoms with Crippen LogP contribution in [0.3, 0.4) is 0 Å². The van der Waals surface area contributed by atoms with Gasteiger partial charge in [-0.3, -0.25) is 14.5 Å². The first-order chi connectivity index (χ1) is 11.6. The Morgan fingerprint density at radius 3 is 2.46 bits per heavy atom. The Bertz CT molecular complexity index is 639. The monoisotopic (exact) mass is 329 g/mol. The second-order valence-corrected chi connectivity index (χ2v) is 5.67. The summed E-state index contributed by atoms with van der Waals surface area (Å²) in [5.74, 6) is 0.518. The molecule has 1 unspecified atom stereocenters. The van der Waals surface area contributed by atoms with E-state index in [-0.39, 0.29) is 24.3 Å². The quantitative estimate of drug-likeness (QED) is 0.775. The van der Waals surface area contributed by atoms with Crippen LogP contribution in [0.15, 0.2) is 53.1 Å². The first kappa shape index (κ1) is 17.7. The van der Waals surface area contributed by atoms with E-state index in [9.17, 15) is 9.59 Å². The van der Waals surface area contributed by atoms with E-state index in [4.69, 9.17) is 4.42 Å². The summed E-state index contributed by atoms with van der Waals surface area (Å²) < 4.78 is 5.40. The number of carbonyl (C=O) groups excluding carboxylic acids is 2. The van der Waals surface area contributed by atoms with Crippen LogP contribution < -0.4 is 10.6 Å². The van der Waals surface area contributed by atoms with Gasteiger partial charge in [-0.05, 0) is 38.4 Å². The van der Waals surface area contributed by atoms with Crippen LogP contribution in [0.1, 0.15) is 28.6 Å². The van der Waals surface area contributed by atoms with Gasteiger partial charge in [0, 0.05) is 25.1 Å². The highest BCUT2D eigenvalue weighted by Crippen LogP contribution is 2.17. The lowest BCUT2D eigenvalue weighted by Crippen LogP contribution is -2.36. The Morgan fingerprint density at radius 2 is 1.83 bits per heavy atom. The molecule has 1 aromatic heterocycles. The molecule has 0 aliphatic heterocycles. The van der Waals surface area contributed by atoms with Crippen molar-refractivity contribution in [3.05, 3.63) is 60.1 Å². The van der Waals surface area contributed by atoms with Crippen LogP contribution >= 0.6 is 0 Å². The van der Waals surface area contributed by atoms with E-state index in [1.165, 1.54) is 0 Å². The predicted octanol–water partition coefficient (Wildman–Crippen LogP) is 1.82. The molecule has 0 fully saturated rings. The fourth-order valence-corrected chi connectivity index (χ4v) is 2.30. The molecule has 128 valence electrons. The molecule has 0 saturated carbocycles. The van der Waals surface area contributed by atoms with Gasteiger partial charge < -0.3 is 15.1 Å². The third-order valence-electron chi connectivity index (χ3n) is 3.66. The fourth-order valence-electron chi connectivity index (χ4n) is 2.30. The summed E-state index contributed by atoms with van der Waals surface area (Å²) in [5.41, 5.74) is 0.586. The molecule has 24 heavy (non-hydrogen) atoms. The van der Waals surface area contributed by atoms with Crippen LogP contribution in [0.5, 0.6) is 0 Å². The molecule has 2 aromatic rings. The molecule has 2 amide bonds. The number of hydrogen-bond acceptors (Lipinski definition) is 4. The van der Waals surface area contributed by atoms with Crippen molar-refractivity contribution in [2.24, 2.45) is 0 Å². The standard InChI is InChI=1S/C18H23N3O3/c1-21(2)15(16-9-6-12-24-16)13-20-17(22)10-11-19-18(23)14-7-4-3-5-8-14/h3-9,12,15H,10-11,13H2,1-2H3,(H,19,23)(H,20,22). The van der Waals surface area contributed by atoms with Crippen molar-refractivity contribution in [1.82, 2.24) is 15.5 Å². The Morgan fingerprint density at radius 1 is 1.08 bits per heavy atom. The second-order valence-electron chi connectivity index (χ2n) is 5.67. The Labute approximate surface area is 141 Å². The lowest BCUT2D eigenvalue weighted by atomic mass is 10.2. The van der Waals surface area contributed by atoms with E-state index in [0.717, 1.165) is 5.76 Å². The van der Waals surface area contributed by atoms with E-state index in [2.05, 4.69) is 10.6 Å². The van der Waals surface area contributed by atoms with E-state index < -0.39 is 0 Å². The number of carbonyl (C=O) groups is 2. The molecule has 0 saturated heterocycles. The van der Waals surface area contributed by atoms with Crippen molar-refractivity contribution >= 4 is 11.8 Å². The molecular formula is C18H23N3O3. The lowest BCUT2D eigenvalue weighted by molar-refractivity contribution is -0.121. The lowest BCUT2D eigenvalue weighted by Gasteiger charge is -2.22.